The molecule has 0 N–H and O–H groups in total. The van der Waals surface area contributed by atoms with Crippen LogP contribution in [-0.2, 0) is 4.79 Å². The summed E-state index contributed by atoms with van der Waals surface area (Å²) in [5.41, 5.74) is 0.789. The normalized spacial score (nSPS) is 27.8. The second kappa shape index (κ2) is 11.3. The van der Waals surface area contributed by atoms with Crippen molar-refractivity contribution in [1.82, 2.24) is 0 Å². The first-order chi connectivity index (χ1) is 13.1. The minimum absolute atomic E-state index is 0.0655. The molecule has 0 unspecified atom stereocenters. The van der Waals surface area contributed by atoms with Crippen LogP contribution in [0.1, 0.15) is 78.6 Å². The van der Waals surface area contributed by atoms with Crippen molar-refractivity contribution in [2.24, 2.45) is 28.7 Å². The monoisotopic (exact) mass is 371 g/mol. The number of benzene rings is 1. The largest absolute Gasteiger partial charge is 0.426 e. The molecule has 2 aliphatic carbocycles. The Labute approximate surface area is 165 Å². The van der Waals surface area contributed by atoms with E-state index in [9.17, 15) is 4.79 Å². The van der Waals surface area contributed by atoms with E-state index in [-0.39, 0.29) is 11.9 Å². The van der Waals surface area contributed by atoms with Gasteiger partial charge in [-0.2, -0.15) is 0 Å². The molecule has 0 bridgehead atoms. The maximum Gasteiger partial charge on any atom is 0.314 e. The zero-order valence-electron chi connectivity index (χ0n) is 17.5. The Bertz CT molecular complexity index is 565. The smallest absolute Gasteiger partial charge is 0.314 e. The third kappa shape index (κ3) is 6.79. The fourth-order valence-electron chi connectivity index (χ4n) is 4.49. The van der Waals surface area contributed by atoms with Crippen LogP contribution in [0.4, 0.5) is 5.69 Å². The molecule has 0 aromatic heterocycles. The number of rotatable bonds is 5. The third-order valence-electron chi connectivity index (χ3n) is 6.22. The average molecular weight is 372 g/mol. The van der Waals surface area contributed by atoms with Gasteiger partial charge in [0.2, 0.25) is 0 Å². The molecule has 0 aliphatic heterocycles. The van der Waals surface area contributed by atoms with E-state index in [4.69, 9.17) is 4.74 Å². The fraction of sp³-hybridized carbons (Fsp3) is 0.667. The van der Waals surface area contributed by atoms with Gasteiger partial charge in [0.05, 0.1) is 11.6 Å². The van der Waals surface area contributed by atoms with Crippen LogP contribution in [0.15, 0.2) is 29.3 Å². The van der Waals surface area contributed by atoms with E-state index in [0.29, 0.717) is 5.75 Å². The molecule has 0 atom stereocenters. The van der Waals surface area contributed by atoms with Gasteiger partial charge in [0, 0.05) is 0 Å². The Balaban J connectivity index is 0.00000126. The van der Waals surface area contributed by atoms with E-state index in [1.54, 1.807) is 12.1 Å². The highest BCUT2D eigenvalue weighted by atomic mass is 16.5. The number of hydrogen-bond donors (Lipinski definition) is 0. The van der Waals surface area contributed by atoms with Gasteiger partial charge in [0.15, 0.2) is 0 Å². The highest BCUT2D eigenvalue weighted by molar-refractivity contribution is 5.75. The van der Waals surface area contributed by atoms with Crippen molar-refractivity contribution in [2.45, 2.75) is 78.6 Å². The first kappa shape index (κ1) is 21.7. The van der Waals surface area contributed by atoms with Crippen LogP contribution in [0.3, 0.4) is 0 Å². The van der Waals surface area contributed by atoms with Crippen molar-refractivity contribution in [3.05, 3.63) is 24.3 Å². The molecule has 0 heterocycles. The van der Waals surface area contributed by atoms with Crippen LogP contribution in [0.25, 0.3) is 0 Å². The lowest BCUT2D eigenvalue weighted by molar-refractivity contribution is -0.140. The lowest BCUT2D eigenvalue weighted by Crippen LogP contribution is -2.27. The summed E-state index contributed by atoms with van der Waals surface area (Å²) in [4.78, 5) is 16.2. The summed E-state index contributed by atoms with van der Waals surface area (Å²) in [7, 11) is 0. The molecular formula is C24H37NO2. The van der Waals surface area contributed by atoms with Crippen molar-refractivity contribution in [2.75, 3.05) is 0 Å². The molecule has 3 nitrogen and oxygen atoms in total. The van der Waals surface area contributed by atoms with Crippen LogP contribution in [0.5, 0.6) is 5.75 Å². The molecule has 2 saturated carbocycles. The minimum atomic E-state index is -0.0655. The van der Waals surface area contributed by atoms with Gasteiger partial charge in [0.1, 0.15) is 5.75 Å². The van der Waals surface area contributed by atoms with Crippen LogP contribution in [0, 0.1) is 23.7 Å². The molecule has 0 spiro atoms. The van der Waals surface area contributed by atoms with Gasteiger partial charge in [-0.3, -0.25) is 9.79 Å². The topological polar surface area (TPSA) is 38.7 Å². The molecule has 1 aromatic carbocycles. The van der Waals surface area contributed by atoms with E-state index in [1.807, 2.05) is 26.0 Å². The van der Waals surface area contributed by atoms with Crippen molar-refractivity contribution in [1.29, 1.82) is 0 Å². The Morgan fingerprint density at radius 1 is 0.963 bits per heavy atom. The van der Waals surface area contributed by atoms with E-state index < -0.39 is 0 Å². The van der Waals surface area contributed by atoms with Gasteiger partial charge in [0.25, 0.3) is 0 Å². The van der Waals surface area contributed by atoms with Crippen LogP contribution < -0.4 is 4.74 Å². The van der Waals surface area contributed by atoms with Gasteiger partial charge >= 0.3 is 5.97 Å². The van der Waals surface area contributed by atoms with Gasteiger partial charge in [-0.25, -0.2) is 0 Å². The number of carbonyl (C=O) groups is 1. The molecule has 1 aromatic rings. The van der Waals surface area contributed by atoms with Crippen LogP contribution >= 0.6 is 0 Å². The molecule has 2 aliphatic rings. The number of carbonyl (C=O) groups excluding carboxylic acids is 1. The number of ether oxygens (including phenoxy) is 1. The summed E-state index contributed by atoms with van der Waals surface area (Å²) >= 11 is 0. The average Bonchev–Trinajstić information content (AvgIpc) is 2.72. The van der Waals surface area contributed by atoms with Crippen molar-refractivity contribution in [3.63, 3.8) is 0 Å². The summed E-state index contributed by atoms with van der Waals surface area (Å²) in [6, 6.07) is 7.21. The summed E-state index contributed by atoms with van der Waals surface area (Å²) < 4.78 is 5.55. The summed E-state index contributed by atoms with van der Waals surface area (Å²) in [6.45, 7) is 9.87. The number of aliphatic imine (C=N–C) groups is 1. The van der Waals surface area contributed by atoms with Gasteiger partial charge in [-0.15, -0.1) is 0 Å². The maximum absolute atomic E-state index is 12.4. The first-order valence-corrected chi connectivity index (χ1v) is 10.9. The molecule has 3 heteroatoms. The zero-order valence-corrected chi connectivity index (χ0v) is 17.5. The highest BCUT2D eigenvalue weighted by Gasteiger charge is 2.30. The maximum atomic E-state index is 12.4. The predicted octanol–water partition coefficient (Wildman–Crippen LogP) is 6.97. The molecule has 0 amide bonds. The van der Waals surface area contributed by atoms with Gasteiger partial charge in [-0.05, 0) is 80.8 Å². The van der Waals surface area contributed by atoms with Gasteiger partial charge in [-0.1, -0.05) is 46.5 Å². The highest BCUT2D eigenvalue weighted by Crippen LogP contribution is 2.38. The second-order valence-corrected chi connectivity index (χ2v) is 8.15. The lowest BCUT2D eigenvalue weighted by Gasteiger charge is -2.32. The van der Waals surface area contributed by atoms with Crippen molar-refractivity contribution >= 4 is 18.4 Å². The Morgan fingerprint density at radius 2 is 1.48 bits per heavy atom. The predicted molar refractivity (Wildman–Crippen MR) is 114 cm³/mol. The molecule has 3 rings (SSSR count). The first-order valence-electron chi connectivity index (χ1n) is 10.9. The Morgan fingerprint density at radius 3 is 2.00 bits per heavy atom. The summed E-state index contributed by atoms with van der Waals surface area (Å²) in [5.74, 6) is 3.29. The minimum Gasteiger partial charge on any atom is -0.426 e. The summed E-state index contributed by atoms with van der Waals surface area (Å²) in [5, 5.41) is 0. The van der Waals surface area contributed by atoms with Crippen molar-refractivity contribution in [3.8, 4) is 5.75 Å². The molecule has 150 valence electrons. The Kier molecular flexibility index (Phi) is 9.03. The molecule has 0 saturated heterocycles. The molecular weight excluding hydrogens is 334 g/mol. The quantitative estimate of drug-likeness (QED) is 0.318. The number of nitrogens with zero attached hydrogens (tertiary/aromatic N) is 1. The van der Waals surface area contributed by atoms with E-state index in [0.717, 1.165) is 36.3 Å². The molecule has 0 radical (unpaired) electrons. The number of esters is 1. The summed E-state index contributed by atoms with van der Waals surface area (Å²) in [6.07, 6.45) is 11.4. The van der Waals surface area contributed by atoms with E-state index >= 15 is 0 Å². The third-order valence-corrected chi connectivity index (χ3v) is 6.22. The van der Waals surface area contributed by atoms with Crippen LogP contribution in [-0.4, -0.2) is 12.7 Å². The van der Waals surface area contributed by atoms with E-state index in [2.05, 4.69) is 18.6 Å². The molecule has 27 heavy (non-hydrogen) atoms. The second-order valence-electron chi connectivity index (χ2n) is 8.15. The van der Waals surface area contributed by atoms with Crippen molar-refractivity contribution < 1.29 is 9.53 Å². The fourth-order valence-corrected chi connectivity index (χ4v) is 4.49. The standard InChI is InChI=1S/C22H31NO2.C2H6/c1-16-3-5-17(6-4-16)15-18-7-9-19(10-8-18)22(24)25-21-13-11-20(23-2)12-14-21;1-2/h11-14,16-19H,2-10,15H2,1H3;1-2H3. The van der Waals surface area contributed by atoms with E-state index in [1.165, 1.54) is 44.9 Å². The van der Waals surface area contributed by atoms with Gasteiger partial charge < -0.3 is 4.74 Å². The SMILES string of the molecule is C=Nc1ccc(OC(=O)C2CCC(CC3CCC(C)CC3)CC2)cc1.CC. The molecule has 2 fully saturated rings. The zero-order chi connectivity index (χ0) is 19.6. The lowest BCUT2D eigenvalue weighted by atomic mass is 9.73. The Hall–Kier alpha value is -1.64. The van der Waals surface area contributed by atoms with Crippen LogP contribution in [0.2, 0.25) is 0 Å². The number of hydrogen-bond acceptors (Lipinski definition) is 3.